The number of hydrogen-bond acceptors (Lipinski definition) is 4. The Labute approximate surface area is 126 Å². The number of ether oxygens (including phenoxy) is 1. The summed E-state index contributed by atoms with van der Waals surface area (Å²) in [7, 11) is 1.38. The lowest BCUT2D eigenvalue weighted by Crippen LogP contribution is -2.55. The standard InChI is InChI=1S/C14H18BrNO4/c1-14(7-4-3-5-9(14)13(18)19-2)16-12(17)11-10(15)6-8-20-11/h6,8-9H,3-5,7H2,1-2H3,(H,16,17)/t9-,14-/m1/s1. The molecule has 1 amide bonds. The Bertz CT molecular complexity index is 513. The monoisotopic (exact) mass is 343 g/mol. The maximum atomic E-state index is 12.3. The maximum absolute atomic E-state index is 12.3. The zero-order chi connectivity index (χ0) is 14.8. The average Bonchev–Trinajstić information content (AvgIpc) is 2.84. The second kappa shape index (κ2) is 5.99. The zero-order valence-electron chi connectivity index (χ0n) is 11.6. The Kier molecular flexibility index (Phi) is 4.52. The van der Waals surface area contributed by atoms with Gasteiger partial charge in [-0.05, 0) is 41.8 Å². The highest BCUT2D eigenvalue weighted by atomic mass is 79.9. The van der Waals surface area contributed by atoms with E-state index in [4.69, 9.17) is 9.15 Å². The van der Waals surface area contributed by atoms with Crippen molar-refractivity contribution in [2.24, 2.45) is 5.92 Å². The molecule has 0 aromatic carbocycles. The lowest BCUT2D eigenvalue weighted by atomic mass is 9.74. The first-order valence-corrected chi connectivity index (χ1v) is 7.40. The lowest BCUT2D eigenvalue weighted by molar-refractivity contribution is -0.149. The second-order valence-electron chi connectivity index (χ2n) is 5.29. The molecule has 0 bridgehead atoms. The van der Waals surface area contributed by atoms with Crippen LogP contribution in [0.4, 0.5) is 0 Å². The van der Waals surface area contributed by atoms with Crippen LogP contribution in [0.3, 0.4) is 0 Å². The predicted molar refractivity (Wildman–Crippen MR) is 76.3 cm³/mol. The second-order valence-corrected chi connectivity index (χ2v) is 6.15. The quantitative estimate of drug-likeness (QED) is 0.856. The molecule has 0 spiro atoms. The molecule has 1 aliphatic carbocycles. The minimum absolute atomic E-state index is 0.223. The summed E-state index contributed by atoms with van der Waals surface area (Å²) in [4.78, 5) is 24.2. The molecule has 1 fully saturated rings. The molecule has 1 aliphatic rings. The van der Waals surface area contributed by atoms with Gasteiger partial charge in [-0.1, -0.05) is 12.8 Å². The van der Waals surface area contributed by atoms with E-state index in [1.165, 1.54) is 13.4 Å². The van der Waals surface area contributed by atoms with Crippen molar-refractivity contribution in [3.63, 3.8) is 0 Å². The smallest absolute Gasteiger partial charge is 0.311 e. The van der Waals surface area contributed by atoms with Crippen LogP contribution < -0.4 is 5.32 Å². The molecule has 6 heteroatoms. The van der Waals surface area contributed by atoms with Crippen molar-refractivity contribution in [2.45, 2.75) is 38.1 Å². The van der Waals surface area contributed by atoms with E-state index in [0.717, 1.165) is 25.7 Å². The van der Waals surface area contributed by atoms with Crippen LogP contribution in [0.25, 0.3) is 0 Å². The van der Waals surface area contributed by atoms with Crippen LogP contribution in [-0.4, -0.2) is 24.5 Å². The molecule has 0 radical (unpaired) electrons. The van der Waals surface area contributed by atoms with Crippen molar-refractivity contribution < 1.29 is 18.7 Å². The normalized spacial score (nSPS) is 26.1. The Morgan fingerprint density at radius 1 is 1.50 bits per heavy atom. The van der Waals surface area contributed by atoms with Gasteiger partial charge in [0, 0.05) is 0 Å². The summed E-state index contributed by atoms with van der Waals surface area (Å²) in [6, 6.07) is 1.66. The van der Waals surface area contributed by atoms with Crippen molar-refractivity contribution >= 4 is 27.8 Å². The molecule has 0 aliphatic heterocycles. The molecular formula is C14H18BrNO4. The summed E-state index contributed by atoms with van der Waals surface area (Å²) in [6.07, 6.45) is 4.86. The van der Waals surface area contributed by atoms with Crippen LogP contribution in [-0.2, 0) is 9.53 Å². The minimum Gasteiger partial charge on any atom is -0.469 e. The highest BCUT2D eigenvalue weighted by Gasteiger charge is 2.43. The molecule has 5 nitrogen and oxygen atoms in total. The van der Waals surface area contributed by atoms with Crippen molar-refractivity contribution in [2.75, 3.05) is 7.11 Å². The molecule has 1 aromatic heterocycles. The van der Waals surface area contributed by atoms with E-state index >= 15 is 0 Å². The zero-order valence-corrected chi connectivity index (χ0v) is 13.2. The van der Waals surface area contributed by atoms with Gasteiger partial charge < -0.3 is 14.5 Å². The molecule has 20 heavy (non-hydrogen) atoms. The van der Waals surface area contributed by atoms with Gasteiger partial charge in [0.1, 0.15) is 0 Å². The van der Waals surface area contributed by atoms with Gasteiger partial charge in [0.15, 0.2) is 0 Å². The number of furan rings is 1. The molecule has 2 atom stereocenters. The molecule has 110 valence electrons. The third-order valence-corrected chi connectivity index (χ3v) is 4.54. The van der Waals surface area contributed by atoms with Crippen LogP contribution in [0.15, 0.2) is 21.2 Å². The molecule has 1 heterocycles. The van der Waals surface area contributed by atoms with Gasteiger partial charge in [-0.2, -0.15) is 0 Å². The van der Waals surface area contributed by atoms with Gasteiger partial charge in [0.2, 0.25) is 5.76 Å². The van der Waals surface area contributed by atoms with Gasteiger partial charge in [-0.15, -0.1) is 0 Å². The average molecular weight is 344 g/mol. The number of nitrogens with one attached hydrogen (secondary N) is 1. The highest BCUT2D eigenvalue weighted by Crippen LogP contribution is 2.35. The first-order chi connectivity index (χ1) is 9.48. The predicted octanol–water partition coefficient (Wildman–Crippen LogP) is 2.89. The van der Waals surface area contributed by atoms with Crippen molar-refractivity contribution in [1.29, 1.82) is 0 Å². The first kappa shape index (κ1) is 15.1. The number of carbonyl (C=O) groups is 2. The number of methoxy groups -OCH3 is 1. The molecule has 0 saturated heterocycles. The number of esters is 1. The van der Waals surface area contributed by atoms with Crippen LogP contribution in [0.2, 0.25) is 0 Å². The van der Waals surface area contributed by atoms with E-state index in [2.05, 4.69) is 21.2 Å². The van der Waals surface area contributed by atoms with Crippen LogP contribution in [0, 0.1) is 5.92 Å². The minimum atomic E-state index is -0.603. The third-order valence-electron chi connectivity index (χ3n) is 3.92. The Hall–Kier alpha value is -1.30. The van der Waals surface area contributed by atoms with Gasteiger partial charge >= 0.3 is 5.97 Å². The van der Waals surface area contributed by atoms with Gasteiger partial charge in [0.05, 0.1) is 29.3 Å². The number of amides is 1. The van der Waals surface area contributed by atoms with E-state index in [1.807, 2.05) is 6.92 Å². The van der Waals surface area contributed by atoms with Crippen LogP contribution in [0.1, 0.15) is 43.2 Å². The van der Waals surface area contributed by atoms with Crippen molar-refractivity contribution in [3.05, 3.63) is 22.6 Å². The number of rotatable bonds is 3. The van der Waals surface area contributed by atoms with E-state index in [9.17, 15) is 9.59 Å². The molecule has 0 unspecified atom stereocenters. The number of carbonyl (C=O) groups excluding carboxylic acids is 2. The van der Waals surface area contributed by atoms with Crippen LogP contribution in [0.5, 0.6) is 0 Å². The topological polar surface area (TPSA) is 68.5 Å². The Morgan fingerprint density at radius 3 is 2.85 bits per heavy atom. The van der Waals surface area contributed by atoms with Crippen LogP contribution >= 0.6 is 15.9 Å². The van der Waals surface area contributed by atoms with Gasteiger partial charge in [-0.25, -0.2) is 0 Å². The molecule has 1 aromatic rings. The summed E-state index contributed by atoms with van der Waals surface area (Å²) in [6.45, 7) is 1.89. The molecular weight excluding hydrogens is 326 g/mol. The third kappa shape index (κ3) is 2.90. The maximum Gasteiger partial charge on any atom is 0.311 e. The highest BCUT2D eigenvalue weighted by molar-refractivity contribution is 9.10. The fraction of sp³-hybridized carbons (Fsp3) is 0.571. The Morgan fingerprint density at radius 2 is 2.25 bits per heavy atom. The Balaban J connectivity index is 2.18. The van der Waals surface area contributed by atoms with Gasteiger partial charge in [-0.3, -0.25) is 9.59 Å². The van der Waals surface area contributed by atoms with E-state index in [0.29, 0.717) is 4.47 Å². The summed E-state index contributed by atoms with van der Waals surface area (Å²) < 4.78 is 10.6. The van der Waals surface area contributed by atoms with E-state index in [1.54, 1.807) is 6.07 Å². The fourth-order valence-electron chi connectivity index (χ4n) is 2.78. The summed E-state index contributed by atoms with van der Waals surface area (Å²) in [5, 5.41) is 2.94. The number of hydrogen-bond donors (Lipinski definition) is 1. The van der Waals surface area contributed by atoms with Crippen molar-refractivity contribution in [3.8, 4) is 0 Å². The van der Waals surface area contributed by atoms with Gasteiger partial charge in [0.25, 0.3) is 5.91 Å². The van der Waals surface area contributed by atoms with E-state index < -0.39 is 5.54 Å². The lowest BCUT2D eigenvalue weighted by Gasteiger charge is -2.40. The SMILES string of the molecule is COC(=O)[C@H]1CCCC[C@@]1(C)NC(=O)c1occc1Br. The molecule has 2 rings (SSSR count). The molecule has 1 N–H and O–H groups in total. The largest absolute Gasteiger partial charge is 0.469 e. The first-order valence-electron chi connectivity index (χ1n) is 6.61. The number of halogens is 1. The summed E-state index contributed by atoms with van der Waals surface area (Å²) in [5.74, 6) is -0.689. The van der Waals surface area contributed by atoms with E-state index in [-0.39, 0.29) is 23.6 Å². The fourth-order valence-corrected chi connectivity index (χ4v) is 3.16. The molecule has 1 saturated carbocycles. The van der Waals surface area contributed by atoms with Crippen molar-refractivity contribution in [1.82, 2.24) is 5.32 Å². The summed E-state index contributed by atoms with van der Waals surface area (Å²) >= 11 is 3.26. The summed E-state index contributed by atoms with van der Waals surface area (Å²) in [5.41, 5.74) is -0.603.